The highest BCUT2D eigenvalue weighted by Crippen LogP contribution is 2.25. The molecule has 0 saturated carbocycles. The third-order valence-electron chi connectivity index (χ3n) is 4.86. The van der Waals surface area contributed by atoms with Crippen LogP contribution in [0.2, 0.25) is 0 Å². The minimum atomic E-state index is -0.411. The van der Waals surface area contributed by atoms with Crippen LogP contribution in [-0.4, -0.2) is 23.8 Å². The van der Waals surface area contributed by atoms with Gasteiger partial charge in [-0.2, -0.15) is 15.3 Å². The SMILES string of the molecule is Cc1ccc(OCC(=O)N/N=C\c2cc(N=Nc3ccc(C)c(C)c3)ccc2O)c(C)c1. The van der Waals surface area contributed by atoms with Crippen molar-refractivity contribution < 1.29 is 14.6 Å². The summed E-state index contributed by atoms with van der Waals surface area (Å²) in [5, 5.41) is 22.4. The van der Waals surface area contributed by atoms with Crippen molar-refractivity contribution in [2.75, 3.05) is 6.61 Å². The van der Waals surface area contributed by atoms with E-state index in [2.05, 4.69) is 20.8 Å². The van der Waals surface area contributed by atoms with Crippen LogP contribution in [0.3, 0.4) is 0 Å². The molecular formula is C25H26N4O3. The average molecular weight is 431 g/mol. The van der Waals surface area contributed by atoms with E-state index in [0.29, 0.717) is 17.0 Å². The van der Waals surface area contributed by atoms with Crippen molar-refractivity contribution in [2.24, 2.45) is 15.3 Å². The van der Waals surface area contributed by atoms with Crippen molar-refractivity contribution in [1.29, 1.82) is 0 Å². The summed E-state index contributed by atoms with van der Waals surface area (Å²) >= 11 is 0. The molecule has 7 heteroatoms. The van der Waals surface area contributed by atoms with Crippen LogP contribution < -0.4 is 10.2 Å². The van der Waals surface area contributed by atoms with Crippen LogP contribution >= 0.6 is 0 Å². The second-order valence-corrected chi connectivity index (χ2v) is 7.56. The molecule has 0 saturated heterocycles. The van der Waals surface area contributed by atoms with Gasteiger partial charge in [-0.3, -0.25) is 4.79 Å². The maximum absolute atomic E-state index is 12.0. The van der Waals surface area contributed by atoms with Crippen molar-refractivity contribution in [3.05, 3.63) is 82.4 Å². The van der Waals surface area contributed by atoms with E-state index >= 15 is 0 Å². The van der Waals surface area contributed by atoms with E-state index in [1.807, 2.05) is 64.1 Å². The fraction of sp³-hybridized carbons (Fsp3) is 0.200. The maximum atomic E-state index is 12.0. The Hall–Kier alpha value is -4.00. The smallest absolute Gasteiger partial charge is 0.277 e. The molecule has 3 rings (SSSR count). The molecule has 2 N–H and O–H groups in total. The number of hydrogen-bond acceptors (Lipinski definition) is 6. The number of rotatable bonds is 7. The molecule has 0 bridgehead atoms. The summed E-state index contributed by atoms with van der Waals surface area (Å²) in [5.41, 5.74) is 8.49. The number of nitrogens with one attached hydrogen (secondary N) is 1. The molecule has 7 nitrogen and oxygen atoms in total. The maximum Gasteiger partial charge on any atom is 0.277 e. The molecule has 0 aromatic heterocycles. The average Bonchev–Trinajstić information content (AvgIpc) is 2.75. The van der Waals surface area contributed by atoms with Crippen LogP contribution in [0.5, 0.6) is 11.5 Å². The largest absolute Gasteiger partial charge is 0.507 e. The second-order valence-electron chi connectivity index (χ2n) is 7.56. The molecule has 0 unspecified atom stereocenters. The number of carbonyl (C=O) groups is 1. The Bertz CT molecular complexity index is 1190. The molecule has 0 aliphatic heterocycles. The highest BCUT2D eigenvalue weighted by molar-refractivity contribution is 5.86. The van der Waals surface area contributed by atoms with E-state index in [1.54, 1.807) is 12.1 Å². The summed E-state index contributed by atoms with van der Waals surface area (Å²) in [4.78, 5) is 12.0. The molecule has 0 aliphatic carbocycles. The van der Waals surface area contributed by atoms with Gasteiger partial charge in [-0.15, -0.1) is 0 Å². The Balaban J connectivity index is 1.59. The first-order valence-corrected chi connectivity index (χ1v) is 10.2. The number of amides is 1. The Morgan fingerprint density at radius 1 is 0.906 bits per heavy atom. The molecule has 1 amide bonds. The number of azo groups is 1. The van der Waals surface area contributed by atoms with Gasteiger partial charge < -0.3 is 9.84 Å². The van der Waals surface area contributed by atoms with Gasteiger partial charge in [-0.25, -0.2) is 5.43 Å². The zero-order valence-corrected chi connectivity index (χ0v) is 18.6. The van der Waals surface area contributed by atoms with Gasteiger partial charge in [0.25, 0.3) is 5.91 Å². The van der Waals surface area contributed by atoms with Gasteiger partial charge >= 0.3 is 0 Å². The Morgan fingerprint density at radius 3 is 2.34 bits per heavy atom. The van der Waals surface area contributed by atoms with E-state index in [-0.39, 0.29) is 12.4 Å². The van der Waals surface area contributed by atoms with Crippen molar-refractivity contribution in [2.45, 2.75) is 27.7 Å². The first-order valence-electron chi connectivity index (χ1n) is 10.2. The topological polar surface area (TPSA) is 95.6 Å². The summed E-state index contributed by atoms with van der Waals surface area (Å²) < 4.78 is 5.53. The predicted molar refractivity (Wildman–Crippen MR) is 125 cm³/mol. The van der Waals surface area contributed by atoms with Crippen molar-refractivity contribution in [1.82, 2.24) is 5.43 Å². The molecule has 0 radical (unpaired) electrons. The number of phenolic OH excluding ortho intramolecular Hbond substituents is 1. The number of ether oxygens (including phenoxy) is 1. The van der Waals surface area contributed by atoms with E-state index in [1.165, 1.54) is 17.8 Å². The molecule has 0 spiro atoms. The summed E-state index contributed by atoms with van der Waals surface area (Å²) in [6.45, 7) is 7.80. The summed E-state index contributed by atoms with van der Waals surface area (Å²) in [6.07, 6.45) is 1.35. The second kappa shape index (κ2) is 10.3. The lowest BCUT2D eigenvalue weighted by Crippen LogP contribution is -2.24. The van der Waals surface area contributed by atoms with Gasteiger partial charge in [0, 0.05) is 5.56 Å². The predicted octanol–water partition coefficient (Wildman–Crippen LogP) is 5.57. The number of hydrazone groups is 1. The standard InChI is InChI=1S/C25H26N4O3/c1-16-5-10-24(19(4)11-16)32-15-25(31)29-26-14-20-13-22(8-9-23(20)30)28-27-21-7-6-17(2)18(3)12-21/h5-14,30H,15H2,1-4H3,(H,29,31)/b26-14-,28-27?. The highest BCUT2D eigenvalue weighted by Gasteiger charge is 2.05. The van der Waals surface area contributed by atoms with Gasteiger partial charge in [0.1, 0.15) is 11.5 Å². The number of benzene rings is 3. The molecule has 32 heavy (non-hydrogen) atoms. The van der Waals surface area contributed by atoms with Crippen LogP contribution in [0.25, 0.3) is 0 Å². The first-order chi connectivity index (χ1) is 15.3. The lowest BCUT2D eigenvalue weighted by atomic mass is 10.1. The molecule has 164 valence electrons. The van der Waals surface area contributed by atoms with Crippen molar-refractivity contribution in [3.63, 3.8) is 0 Å². The van der Waals surface area contributed by atoms with Gasteiger partial charge in [0.2, 0.25) is 0 Å². The molecule has 0 atom stereocenters. The minimum absolute atomic E-state index is 0.0136. The van der Waals surface area contributed by atoms with Gasteiger partial charge in [-0.05, 0) is 80.8 Å². The zero-order valence-electron chi connectivity index (χ0n) is 18.6. The number of aryl methyl sites for hydroxylation is 4. The van der Waals surface area contributed by atoms with Crippen LogP contribution in [0.15, 0.2) is 69.9 Å². The summed E-state index contributed by atoms with van der Waals surface area (Å²) in [7, 11) is 0. The molecule has 0 aliphatic rings. The van der Waals surface area contributed by atoms with Crippen LogP contribution in [0, 0.1) is 27.7 Å². The van der Waals surface area contributed by atoms with Crippen molar-refractivity contribution in [3.8, 4) is 11.5 Å². The Labute approximate surface area is 187 Å². The van der Waals surface area contributed by atoms with Gasteiger partial charge in [-0.1, -0.05) is 23.8 Å². The quantitative estimate of drug-likeness (QED) is 0.291. The lowest BCUT2D eigenvalue weighted by Gasteiger charge is -2.08. The highest BCUT2D eigenvalue weighted by atomic mass is 16.5. The fourth-order valence-electron chi connectivity index (χ4n) is 2.92. The third-order valence-corrected chi connectivity index (χ3v) is 4.86. The third kappa shape index (κ3) is 6.25. The summed E-state index contributed by atoms with van der Waals surface area (Å²) in [5.74, 6) is 0.250. The van der Waals surface area contributed by atoms with E-state index in [0.717, 1.165) is 22.4 Å². The van der Waals surface area contributed by atoms with Crippen molar-refractivity contribution >= 4 is 23.5 Å². The van der Waals surface area contributed by atoms with E-state index < -0.39 is 5.91 Å². The summed E-state index contributed by atoms with van der Waals surface area (Å²) in [6, 6.07) is 16.4. The first kappa shape index (κ1) is 22.7. The van der Waals surface area contributed by atoms with Crippen LogP contribution in [0.1, 0.15) is 27.8 Å². The van der Waals surface area contributed by atoms with Crippen LogP contribution in [-0.2, 0) is 4.79 Å². The molecule has 3 aromatic rings. The van der Waals surface area contributed by atoms with Gasteiger partial charge in [0.05, 0.1) is 17.6 Å². The zero-order chi connectivity index (χ0) is 23.1. The number of phenols is 1. The number of carbonyl (C=O) groups excluding carboxylic acids is 1. The molecule has 3 aromatic carbocycles. The number of hydrogen-bond donors (Lipinski definition) is 2. The fourth-order valence-corrected chi connectivity index (χ4v) is 2.92. The van der Waals surface area contributed by atoms with E-state index in [9.17, 15) is 9.90 Å². The number of nitrogens with zero attached hydrogens (tertiary/aromatic N) is 3. The lowest BCUT2D eigenvalue weighted by molar-refractivity contribution is -0.123. The normalized spacial score (nSPS) is 11.2. The minimum Gasteiger partial charge on any atom is -0.507 e. The van der Waals surface area contributed by atoms with Gasteiger partial charge in [0.15, 0.2) is 6.61 Å². The molecule has 0 heterocycles. The Morgan fingerprint density at radius 2 is 1.62 bits per heavy atom. The molecule has 0 fully saturated rings. The van der Waals surface area contributed by atoms with Crippen LogP contribution in [0.4, 0.5) is 11.4 Å². The Kier molecular flexibility index (Phi) is 7.33. The number of aromatic hydroxyl groups is 1. The monoisotopic (exact) mass is 430 g/mol. The van der Waals surface area contributed by atoms with E-state index in [4.69, 9.17) is 4.74 Å². The molecular weight excluding hydrogens is 404 g/mol.